The molecule has 1 aromatic heterocycles. The van der Waals surface area contributed by atoms with Crippen molar-refractivity contribution < 1.29 is 4.74 Å². The van der Waals surface area contributed by atoms with E-state index in [0.29, 0.717) is 0 Å². The van der Waals surface area contributed by atoms with Gasteiger partial charge in [-0.05, 0) is 40.6 Å². The first-order valence-electron chi connectivity index (χ1n) is 8.52. The van der Waals surface area contributed by atoms with Gasteiger partial charge in [-0.15, -0.1) is 0 Å². The van der Waals surface area contributed by atoms with Gasteiger partial charge in [0, 0.05) is 18.4 Å². The molecule has 0 aliphatic carbocycles. The molecule has 4 heteroatoms. The highest BCUT2D eigenvalue weighted by molar-refractivity contribution is 7.98. The maximum absolute atomic E-state index is 5.24. The lowest BCUT2D eigenvalue weighted by atomic mass is 10.1. The molecule has 4 aromatic rings. The highest BCUT2D eigenvalue weighted by Crippen LogP contribution is 2.30. The van der Waals surface area contributed by atoms with Gasteiger partial charge in [0.15, 0.2) is 5.16 Å². The van der Waals surface area contributed by atoms with Gasteiger partial charge in [-0.2, -0.15) is 0 Å². The minimum Gasteiger partial charge on any atom is -0.497 e. The number of ether oxygens (including phenoxy) is 1. The molecule has 1 heterocycles. The van der Waals surface area contributed by atoms with Crippen LogP contribution in [0.3, 0.4) is 0 Å². The Kier molecular flexibility index (Phi) is 4.67. The van der Waals surface area contributed by atoms with Gasteiger partial charge < -0.3 is 9.30 Å². The van der Waals surface area contributed by atoms with E-state index >= 15 is 0 Å². The highest BCUT2D eigenvalue weighted by Gasteiger charge is 2.10. The van der Waals surface area contributed by atoms with Crippen LogP contribution in [0.5, 0.6) is 5.75 Å². The number of rotatable bonds is 5. The first kappa shape index (κ1) is 16.7. The van der Waals surface area contributed by atoms with E-state index in [4.69, 9.17) is 4.74 Å². The molecule has 3 aromatic carbocycles. The highest BCUT2D eigenvalue weighted by atomic mass is 32.2. The molecule has 0 saturated heterocycles. The van der Waals surface area contributed by atoms with Gasteiger partial charge in [0.05, 0.1) is 19.0 Å². The molecule has 0 bridgehead atoms. The third-order valence-corrected chi connectivity index (χ3v) is 5.66. The lowest BCUT2D eigenvalue weighted by Gasteiger charge is -2.08. The average Bonchev–Trinajstić information content (AvgIpc) is 3.07. The fraction of sp³-hybridized carbons (Fsp3) is 0.136. The Morgan fingerprint density at radius 2 is 1.73 bits per heavy atom. The minimum atomic E-state index is 0.862. The fourth-order valence-corrected chi connectivity index (χ4v) is 4.07. The van der Waals surface area contributed by atoms with Crippen molar-refractivity contribution in [3.8, 4) is 17.0 Å². The first-order chi connectivity index (χ1) is 12.8. The Labute approximate surface area is 157 Å². The standard InChI is InChI=1S/C22H20N2OS/c1-24-21(17-10-12-19(25-2)13-11-17)14-23-22(24)26-15-18-8-5-7-16-6-3-4-9-20(16)18/h3-14H,15H2,1-2H3. The van der Waals surface area contributed by atoms with Crippen LogP contribution in [0, 0.1) is 0 Å². The molecule has 3 nitrogen and oxygen atoms in total. The quantitative estimate of drug-likeness (QED) is 0.437. The van der Waals surface area contributed by atoms with Gasteiger partial charge >= 0.3 is 0 Å². The van der Waals surface area contributed by atoms with Crippen LogP contribution in [0.15, 0.2) is 78.1 Å². The maximum Gasteiger partial charge on any atom is 0.168 e. The van der Waals surface area contributed by atoms with E-state index < -0.39 is 0 Å². The Balaban J connectivity index is 1.56. The van der Waals surface area contributed by atoms with Gasteiger partial charge in [0.2, 0.25) is 0 Å². The van der Waals surface area contributed by atoms with Crippen molar-refractivity contribution in [2.24, 2.45) is 7.05 Å². The van der Waals surface area contributed by atoms with E-state index in [1.165, 1.54) is 16.3 Å². The zero-order valence-corrected chi connectivity index (χ0v) is 15.7. The number of fused-ring (bicyclic) bond motifs is 1. The summed E-state index contributed by atoms with van der Waals surface area (Å²) in [4.78, 5) is 4.62. The number of thioether (sulfide) groups is 1. The van der Waals surface area contributed by atoms with Gasteiger partial charge in [-0.3, -0.25) is 0 Å². The zero-order chi connectivity index (χ0) is 17.9. The molecule has 0 unspecified atom stereocenters. The molecule has 0 spiro atoms. The number of imidazole rings is 1. The summed E-state index contributed by atoms with van der Waals surface area (Å²) in [5.74, 6) is 1.76. The molecule has 0 N–H and O–H groups in total. The molecule has 26 heavy (non-hydrogen) atoms. The van der Waals surface area contributed by atoms with Crippen LogP contribution in [0.4, 0.5) is 0 Å². The minimum absolute atomic E-state index is 0.862. The predicted octanol–water partition coefficient (Wildman–Crippen LogP) is 5.54. The summed E-state index contributed by atoms with van der Waals surface area (Å²) in [6.45, 7) is 0. The van der Waals surface area contributed by atoms with Crippen molar-refractivity contribution in [3.05, 3.63) is 78.5 Å². The van der Waals surface area contributed by atoms with Crippen molar-refractivity contribution in [2.45, 2.75) is 10.9 Å². The van der Waals surface area contributed by atoms with Crippen molar-refractivity contribution in [2.75, 3.05) is 7.11 Å². The molecule has 0 saturated carbocycles. The monoisotopic (exact) mass is 360 g/mol. The van der Waals surface area contributed by atoms with E-state index in [1.807, 2.05) is 18.3 Å². The largest absolute Gasteiger partial charge is 0.497 e. The van der Waals surface area contributed by atoms with Gasteiger partial charge in [-0.1, -0.05) is 54.2 Å². The predicted molar refractivity (Wildman–Crippen MR) is 109 cm³/mol. The van der Waals surface area contributed by atoms with Crippen LogP contribution in [-0.2, 0) is 12.8 Å². The number of methoxy groups -OCH3 is 1. The smallest absolute Gasteiger partial charge is 0.168 e. The van der Waals surface area contributed by atoms with Crippen LogP contribution >= 0.6 is 11.8 Å². The Morgan fingerprint density at radius 1 is 0.962 bits per heavy atom. The lowest BCUT2D eigenvalue weighted by molar-refractivity contribution is 0.415. The van der Waals surface area contributed by atoms with Crippen molar-refractivity contribution in [1.82, 2.24) is 9.55 Å². The average molecular weight is 360 g/mol. The van der Waals surface area contributed by atoms with E-state index in [0.717, 1.165) is 27.9 Å². The van der Waals surface area contributed by atoms with Crippen molar-refractivity contribution in [3.63, 3.8) is 0 Å². The van der Waals surface area contributed by atoms with E-state index in [2.05, 4.69) is 71.2 Å². The van der Waals surface area contributed by atoms with Crippen LogP contribution in [0.1, 0.15) is 5.56 Å². The summed E-state index contributed by atoms with van der Waals surface area (Å²) in [6, 6.07) is 23.1. The number of benzene rings is 3. The summed E-state index contributed by atoms with van der Waals surface area (Å²) >= 11 is 1.77. The summed E-state index contributed by atoms with van der Waals surface area (Å²) in [6.07, 6.45) is 1.94. The number of hydrogen-bond acceptors (Lipinski definition) is 3. The summed E-state index contributed by atoms with van der Waals surface area (Å²) in [5, 5.41) is 3.61. The van der Waals surface area contributed by atoms with Crippen molar-refractivity contribution >= 4 is 22.5 Å². The van der Waals surface area contributed by atoms with Crippen LogP contribution in [0.2, 0.25) is 0 Å². The van der Waals surface area contributed by atoms with E-state index in [-0.39, 0.29) is 0 Å². The molecule has 4 rings (SSSR count). The normalized spacial score (nSPS) is 11.0. The number of hydrogen-bond donors (Lipinski definition) is 0. The lowest BCUT2D eigenvalue weighted by Crippen LogP contribution is -1.95. The van der Waals surface area contributed by atoms with Crippen LogP contribution in [0.25, 0.3) is 22.0 Å². The Bertz CT molecular complexity index is 1030. The second kappa shape index (κ2) is 7.26. The second-order valence-corrected chi connectivity index (χ2v) is 7.08. The Hall–Kier alpha value is -2.72. The first-order valence-corrected chi connectivity index (χ1v) is 9.50. The van der Waals surface area contributed by atoms with Gasteiger partial charge in [0.25, 0.3) is 0 Å². The van der Waals surface area contributed by atoms with Gasteiger partial charge in [0.1, 0.15) is 5.75 Å². The van der Waals surface area contributed by atoms with E-state index in [9.17, 15) is 0 Å². The molecule has 0 atom stereocenters. The second-order valence-electron chi connectivity index (χ2n) is 6.14. The molecule has 130 valence electrons. The molecule has 0 aliphatic heterocycles. The molecule has 0 radical (unpaired) electrons. The molecular formula is C22H20N2OS. The molecule has 0 aliphatic rings. The number of aromatic nitrogens is 2. The SMILES string of the molecule is COc1ccc(-c2cnc(SCc3cccc4ccccc34)n2C)cc1. The van der Waals surface area contributed by atoms with Crippen LogP contribution < -0.4 is 4.74 Å². The van der Waals surface area contributed by atoms with Gasteiger partial charge in [-0.25, -0.2) is 4.98 Å². The fourth-order valence-electron chi connectivity index (χ4n) is 3.12. The Morgan fingerprint density at radius 3 is 2.54 bits per heavy atom. The topological polar surface area (TPSA) is 27.1 Å². The van der Waals surface area contributed by atoms with Crippen molar-refractivity contribution in [1.29, 1.82) is 0 Å². The third-order valence-electron chi connectivity index (χ3n) is 4.57. The zero-order valence-electron chi connectivity index (χ0n) is 14.8. The molecule has 0 fully saturated rings. The number of nitrogens with zero attached hydrogens (tertiary/aromatic N) is 2. The third kappa shape index (κ3) is 3.20. The summed E-state index contributed by atoms with van der Waals surface area (Å²) < 4.78 is 7.39. The maximum atomic E-state index is 5.24. The summed E-state index contributed by atoms with van der Waals surface area (Å²) in [7, 11) is 3.75. The van der Waals surface area contributed by atoms with Crippen LogP contribution in [-0.4, -0.2) is 16.7 Å². The van der Waals surface area contributed by atoms with E-state index in [1.54, 1.807) is 18.9 Å². The molecule has 0 amide bonds. The molecular weight excluding hydrogens is 340 g/mol. The summed E-state index contributed by atoms with van der Waals surface area (Å²) in [5.41, 5.74) is 3.58.